The molecule has 3 aliphatic carbocycles. The van der Waals surface area contributed by atoms with Crippen molar-refractivity contribution in [2.75, 3.05) is 13.2 Å². The molecule has 0 unspecified atom stereocenters. The standard InChI is InChI=1S/C9H17NO/c10-6-8-2-1-3-9(4-8,5-8)7-11/h11H,1-7,10H2. The quantitative estimate of drug-likeness (QED) is 0.622. The van der Waals surface area contributed by atoms with Gasteiger partial charge in [0.05, 0.1) is 0 Å². The summed E-state index contributed by atoms with van der Waals surface area (Å²) >= 11 is 0. The Bertz CT molecular complexity index is 145. The van der Waals surface area contributed by atoms with Crippen LogP contribution in [0.25, 0.3) is 0 Å². The summed E-state index contributed by atoms with van der Waals surface area (Å²) < 4.78 is 0. The van der Waals surface area contributed by atoms with Crippen LogP contribution in [-0.2, 0) is 0 Å². The van der Waals surface area contributed by atoms with E-state index in [-0.39, 0.29) is 0 Å². The Hall–Kier alpha value is -0.0800. The third-order valence-corrected chi connectivity index (χ3v) is 3.68. The van der Waals surface area contributed by atoms with Crippen molar-refractivity contribution in [1.29, 1.82) is 0 Å². The molecule has 0 aromatic heterocycles. The molecule has 11 heavy (non-hydrogen) atoms. The van der Waals surface area contributed by atoms with Crippen molar-refractivity contribution in [2.24, 2.45) is 16.6 Å². The second-order valence-corrected chi connectivity index (χ2v) is 4.57. The van der Waals surface area contributed by atoms with Gasteiger partial charge < -0.3 is 10.8 Å². The largest absolute Gasteiger partial charge is 0.396 e. The minimum Gasteiger partial charge on any atom is -0.396 e. The molecule has 3 aliphatic rings. The van der Waals surface area contributed by atoms with Gasteiger partial charge in [-0.3, -0.25) is 0 Å². The van der Waals surface area contributed by atoms with E-state index in [1.165, 1.54) is 32.1 Å². The average Bonchev–Trinajstić information content (AvgIpc) is 2.04. The fourth-order valence-electron chi connectivity index (χ4n) is 3.17. The number of aliphatic hydroxyl groups is 1. The molecule has 3 rings (SSSR count). The van der Waals surface area contributed by atoms with Crippen LogP contribution in [0, 0.1) is 10.8 Å². The maximum Gasteiger partial charge on any atom is 0.0487 e. The predicted octanol–water partition coefficient (Wildman–Crippen LogP) is 0.888. The Morgan fingerprint density at radius 2 is 1.82 bits per heavy atom. The van der Waals surface area contributed by atoms with Crippen molar-refractivity contribution in [3.8, 4) is 0 Å². The third-order valence-electron chi connectivity index (χ3n) is 3.68. The summed E-state index contributed by atoms with van der Waals surface area (Å²) in [4.78, 5) is 0. The van der Waals surface area contributed by atoms with Gasteiger partial charge in [0.1, 0.15) is 0 Å². The average molecular weight is 155 g/mol. The topological polar surface area (TPSA) is 46.2 Å². The number of fused-ring (bicyclic) bond motifs is 2. The Morgan fingerprint density at radius 1 is 1.18 bits per heavy atom. The molecule has 0 spiro atoms. The van der Waals surface area contributed by atoms with Crippen LogP contribution in [-0.4, -0.2) is 18.3 Å². The summed E-state index contributed by atoms with van der Waals surface area (Å²) in [6.45, 7) is 1.21. The summed E-state index contributed by atoms with van der Waals surface area (Å²) in [5.41, 5.74) is 6.46. The molecule has 0 aromatic rings. The maximum atomic E-state index is 9.16. The lowest BCUT2D eigenvalue weighted by atomic mass is 9.46. The fraction of sp³-hybridized carbons (Fsp3) is 1.00. The lowest BCUT2D eigenvalue weighted by Gasteiger charge is -2.60. The second kappa shape index (κ2) is 2.20. The van der Waals surface area contributed by atoms with Crippen molar-refractivity contribution in [1.82, 2.24) is 0 Å². The van der Waals surface area contributed by atoms with E-state index in [0.29, 0.717) is 17.4 Å². The molecule has 3 N–H and O–H groups in total. The van der Waals surface area contributed by atoms with Gasteiger partial charge in [-0.1, -0.05) is 6.42 Å². The number of hydrogen-bond donors (Lipinski definition) is 2. The van der Waals surface area contributed by atoms with Crippen LogP contribution in [0.1, 0.15) is 32.1 Å². The molecular weight excluding hydrogens is 138 g/mol. The summed E-state index contributed by atoms with van der Waals surface area (Å²) in [6.07, 6.45) is 6.17. The molecule has 0 heterocycles. The van der Waals surface area contributed by atoms with Crippen molar-refractivity contribution >= 4 is 0 Å². The van der Waals surface area contributed by atoms with Gasteiger partial charge in [-0.2, -0.15) is 0 Å². The van der Waals surface area contributed by atoms with Gasteiger partial charge in [0.25, 0.3) is 0 Å². The van der Waals surface area contributed by atoms with Crippen LogP contribution >= 0.6 is 0 Å². The first-order valence-electron chi connectivity index (χ1n) is 4.55. The number of rotatable bonds is 2. The van der Waals surface area contributed by atoms with Gasteiger partial charge in [0.2, 0.25) is 0 Å². The first-order chi connectivity index (χ1) is 5.24. The zero-order valence-electron chi connectivity index (χ0n) is 6.97. The number of nitrogens with two attached hydrogens (primary N) is 1. The first-order valence-corrected chi connectivity index (χ1v) is 4.55. The Morgan fingerprint density at radius 3 is 2.36 bits per heavy atom. The summed E-state index contributed by atoms with van der Waals surface area (Å²) in [6, 6.07) is 0. The van der Waals surface area contributed by atoms with Crippen molar-refractivity contribution in [3.63, 3.8) is 0 Å². The third kappa shape index (κ3) is 0.926. The van der Waals surface area contributed by atoms with Gasteiger partial charge in [0.15, 0.2) is 0 Å². The zero-order chi connectivity index (χ0) is 7.95. The lowest BCUT2D eigenvalue weighted by molar-refractivity contribution is -0.115. The van der Waals surface area contributed by atoms with E-state index >= 15 is 0 Å². The normalized spacial score (nSPS) is 48.5. The van der Waals surface area contributed by atoms with Crippen LogP contribution < -0.4 is 5.73 Å². The highest BCUT2D eigenvalue weighted by Crippen LogP contribution is 2.62. The Labute approximate surface area is 67.8 Å². The van der Waals surface area contributed by atoms with E-state index in [1.807, 2.05) is 0 Å². The Kier molecular flexibility index (Phi) is 1.52. The van der Waals surface area contributed by atoms with E-state index in [2.05, 4.69) is 0 Å². The minimum atomic E-state index is 0.303. The lowest BCUT2D eigenvalue weighted by Crippen LogP contribution is -2.55. The van der Waals surface area contributed by atoms with Crippen LogP contribution in [0.3, 0.4) is 0 Å². The second-order valence-electron chi connectivity index (χ2n) is 4.57. The summed E-state index contributed by atoms with van der Waals surface area (Å²) in [5, 5.41) is 9.16. The van der Waals surface area contributed by atoms with E-state index in [4.69, 9.17) is 10.8 Å². The molecule has 2 nitrogen and oxygen atoms in total. The van der Waals surface area contributed by atoms with Crippen molar-refractivity contribution in [3.05, 3.63) is 0 Å². The van der Waals surface area contributed by atoms with E-state index in [0.717, 1.165) is 6.54 Å². The molecule has 3 saturated carbocycles. The molecule has 3 fully saturated rings. The summed E-state index contributed by atoms with van der Waals surface area (Å²) in [7, 11) is 0. The molecule has 0 aliphatic heterocycles. The van der Waals surface area contributed by atoms with Gasteiger partial charge >= 0.3 is 0 Å². The van der Waals surface area contributed by atoms with Crippen LogP contribution in [0.4, 0.5) is 0 Å². The van der Waals surface area contributed by atoms with E-state index in [9.17, 15) is 0 Å². The Balaban J connectivity index is 2.05. The van der Waals surface area contributed by atoms with Gasteiger partial charge in [-0.05, 0) is 43.1 Å². The monoisotopic (exact) mass is 155 g/mol. The van der Waals surface area contributed by atoms with Gasteiger partial charge in [0, 0.05) is 6.61 Å². The van der Waals surface area contributed by atoms with Crippen molar-refractivity contribution < 1.29 is 5.11 Å². The smallest absolute Gasteiger partial charge is 0.0487 e. The molecule has 0 amide bonds. The van der Waals surface area contributed by atoms with Crippen LogP contribution in [0.5, 0.6) is 0 Å². The highest BCUT2D eigenvalue weighted by Gasteiger charge is 2.55. The maximum absolute atomic E-state index is 9.16. The van der Waals surface area contributed by atoms with Crippen LogP contribution in [0.2, 0.25) is 0 Å². The van der Waals surface area contributed by atoms with Gasteiger partial charge in [-0.15, -0.1) is 0 Å². The molecular formula is C9H17NO. The first kappa shape index (κ1) is 7.56. The molecule has 0 radical (unpaired) electrons. The van der Waals surface area contributed by atoms with Gasteiger partial charge in [-0.25, -0.2) is 0 Å². The molecule has 0 aromatic carbocycles. The number of hydrogen-bond acceptors (Lipinski definition) is 2. The SMILES string of the molecule is NCC12CCCC(CO)(C1)C2. The minimum absolute atomic E-state index is 0.303. The fourth-order valence-corrected chi connectivity index (χ4v) is 3.17. The van der Waals surface area contributed by atoms with E-state index in [1.54, 1.807) is 0 Å². The molecule has 2 heteroatoms. The van der Waals surface area contributed by atoms with Crippen LogP contribution in [0.15, 0.2) is 0 Å². The molecule has 2 bridgehead atoms. The molecule has 0 atom stereocenters. The zero-order valence-corrected chi connectivity index (χ0v) is 6.97. The molecule has 0 saturated heterocycles. The summed E-state index contributed by atoms with van der Waals surface area (Å²) in [5.74, 6) is 0. The van der Waals surface area contributed by atoms with E-state index < -0.39 is 0 Å². The number of aliphatic hydroxyl groups excluding tert-OH is 1. The predicted molar refractivity (Wildman–Crippen MR) is 44.1 cm³/mol. The molecule has 64 valence electrons. The van der Waals surface area contributed by atoms with Crippen molar-refractivity contribution in [2.45, 2.75) is 32.1 Å². The highest BCUT2D eigenvalue weighted by atomic mass is 16.3. The highest BCUT2D eigenvalue weighted by molar-refractivity contribution is 5.06.